The van der Waals surface area contributed by atoms with E-state index in [0.717, 1.165) is 30.0 Å². The van der Waals surface area contributed by atoms with E-state index < -0.39 is 34.8 Å². The molecule has 0 saturated carbocycles. The first-order valence-electron chi connectivity index (χ1n) is 11.8. The second-order valence-electron chi connectivity index (χ2n) is 10.7. The number of fused-ring (bicyclic) bond motifs is 2. The second kappa shape index (κ2) is 8.84. The van der Waals surface area contributed by atoms with E-state index in [4.69, 9.17) is 9.47 Å². The maximum atomic E-state index is 12.6. The monoisotopic (exact) mass is 554 g/mol. The highest BCUT2D eigenvalue weighted by molar-refractivity contribution is 7.15. The molecule has 4 heterocycles. The van der Waals surface area contributed by atoms with E-state index in [1.165, 1.54) is 22.7 Å². The lowest BCUT2D eigenvalue weighted by Crippen LogP contribution is -2.32. The fraction of sp³-hybridized carbons (Fsp3) is 0.308. The summed E-state index contributed by atoms with van der Waals surface area (Å²) in [6.45, 7) is 10.4. The summed E-state index contributed by atoms with van der Waals surface area (Å²) in [5.74, 6) is 0. The number of imidazole rings is 2. The largest absolute Gasteiger partial charge is 0.443 e. The van der Waals surface area contributed by atoms with E-state index in [9.17, 15) is 19.2 Å². The van der Waals surface area contributed by atoms with E-state index >= 15 is 0 Å². The van der Waals surface area contributed by atoms with E-state index in [2.05, 4.69) is 9.97 Å². The fourth-order valence-electron chi connectivity index (χ4n) is 3.99. The molecule has 0 radical (unpaired) electrons. The van der Waals surface area contributed by atoms with Gasteiger partial charge in [-0.25, -0.2) is 19.2 Å². The molecule has 2 N–H and O–H groups in total. The van der Waals surface area contributed by atoms with Gasteiger partial charge in [-0.05, 0) is 52.7 Å². The molecule has 0 aliphatic heterocycles. The van der Waals surface area contributed by atoms with Crippen molar-refractivity contribution in [2.45, 2.75) is 52.7 Å². The molecule has 0 saturated heterocycles. The lowest BCUT2D eigenvalue weighted by Gasteiger charge is -2.19. The minimum Gasteiger partial charge on any atom is -0.443 e. The van der Waals surface area contributed by atoms with Crippen molar-refractivity contribution in [2.75, 3.05) is 0 Å². The Hall–Kier alpha value is -3.90. The number of aromatic nitrogens is 4. The number of thiophene rings is 2. The first-order chi connectivity index (χ1) is 17.7. The van der Waals surface area contributed by atoms with Crippen LogP contribution in [0.25, 0.3) is 42.9 Å². The summed E-state index contributed by atoms with van der Waals surface area (Å²) >= 11 is 2.80. The van der Waals surface area contributed by atoms with Gasteiger partial charge in [0, 0.05) is 10.8 Å². The molecule has 12 heteroatoms. The van der Waals surface area contributed by atoms with Gasteiger partial charge in [-0.1, -0.05) is 24.3 Å². The Morgan fingerprint density at radius 2 is 1.03 bits per heavy atom. The average molecular weight is 555 g/mol. The van der Waals surface area contributed by atoms with E-state index in [0.29, 0.717) is 22.1 Å². The van der Waals surface area contributed by atoms with Gasteiger partial charge in [-0.2, -0.15) is 9.13 Å². The molecule has 0 atom stereocenters. The van der Waals surface area contributed by atoms with Crippen LogP contribution in [0.1, 0.15) is 41.5 Å². The number of aromatic amines is 2. The van der Waals surface area contributed by atoms with E-state index in [1.807, 2.05) is 24.3 Å². The Morgan fingerprint density at radius 1 is 0.684 bits per heavy atom. The van der Waals surface area contributed by atoms with Gasteiger partial charge in [0.2, 0.25) is 0 Å². The van der Waals surface area contributed by atoms with Crippen LogP contribution in [0.5, 0.6) is 0 Å². The van der Waals surface area contributed by atoms with Crippen molar-refractivity contribution in [1.29, 1.82) is 0 Å². The predicted octanol–water partition coefficient (Wildman–Crippen LogP) is 6.00. The molecule has 1 aromatic carbocycles. The van der Waals surface area contributed by atoms with E-state index in [-0.39, 0.29) is 0 Å². The van der Waals surface area contributed by atoms with Crippen LogP contribution in [0.2, 0.25) is 0 Å². The summed E-state index contributed by atoms with van der Waals surface area (Å²) in [6.07, 6.45) is -1.47. The highest BCUT2D eigenvalue weighted by atomic mass is 32.1. The highest BCUT2D eigenvalue weighted by Gasteiger charge is 2.25. The van der Waals surface area contributed by atoms with Crippen LogP contribution >= 0.6 is 22.7 Å². The van der Waals surface area contributed by atoms with Crippen LogP contribution < -0.4 is 11.4 Å². The number of rotatable bonds is 2. The molecule has 4 aromatic heterocycles. The predicted molar refractivity (Wildman–Crippen MR) is 149 cm³/mol. The molecule has 0 bridgehead atoms. The molecule has 5 rings (SSSR count). The van der Waals surface area contributed by atoms with Gasteiger partial charge in [0.15, 0.2) is 0 Å². The number of H-pyrrole nitrogens is 2. The molecule has 38 heavy (non-hydrogen) atoms. The first-order valence-corrected chi connectivity index (χ1v) is 13.5. The molecular weight excluding hydrogens is 528 g/mol. The molecule has 5 aromatic rings. The third kappa shape index (κ3) is 4.61. The SMILES string of the molecule is CC(C)(C)OC(=O)n1c(=O)[nH]c2c(-c3ccc(-c4scc5c4[nH]c(=O)n5C(=O)OC(C)(C)C)cc3)scc21. The third-order valence-corrected chi connectivity index (χ3v) is 7.49. The maximum absolute atomic E-state index is 12.6. The fourth-order valence-corrected chi connectivity index (χ4v) is 5.99. The first kappa shape index (κ1) is 25.7. The molecule has 0 spiro atoms. The quantitative estimate of drug-likeness (QED) is 0.276. The maximum Gasteiger partial charge on any atom is 0.423 e. The molecule has 10 nitrogen and oxygen atoms in total. The van der Waals surface area contributed by atoms with Crippen molar-refractivity contribution in [1.82, 2.24) is 19.1 Å². The van der Waals surface area contributed by atoms with Gasteiger partial charge in [0.05, 0.1) is 31.8 Å². The van der Waals surface area contributed by atoms with Crippen molar-refractivity contribution in [2.24, 2.45) is 0 Å². The topological polar surface area (TPSA) is 128 Å². The Bertz CT molecular complexity index is 1680. The van der Waals surface area contributed by atoms with Gasteiger partial charge in [-0.15, -0.1) is 22.7 Å². The van der Waals surface area contributed by atoms with Crippen molar-refractivity contribution in [3.8, 4) is 20.9 Å². The molecular formula is C26H26N4O6S2. The standard InChI is InChI=1S/C26H26N4O6S2/c1-25(2,3)35-23(33)29-15-11-37-19(17(15)27-21(29)31)13-7-9-14(10-8-13)20-18-16(12-38-20)30(22(32)28-18)24(34)36-26(4,5)6/h7-12H,1-6H3,(H,27,31)(H,28,32). The minimum absolute atomic E-state index is 0.453. The summed E-state index contributed by atoms with van der Waals surface area (Å²) in [4.78, 5) is 57.4. The Labute approximate surface area is 224 Å². The van der Waals surface area contributed by atoms with Gasteiger partial charge in [0.25, 0.3) is 0 Å². The molecule has 0 fully saturated rings. The Morgan fingerprint density at radius 3 is 1.34 bits per heavy atom. The van der Waals surface area contributed by atoms with Crippen LogP contribution in [0.15, 0.2) is 44.6 Å². The zero-order valence-electron chi connectivity index (χ0n) is 21.6. The smallest absolute Gasteiger partial charge is 0.423 e. The summed E-state index contributed by atoms with van der Waals surface area (Å²) in [5.41, 5.74) is 1.11. The summed E-state index contributed by atoms with van der Waals surface area (Å²) in [7, 11) is 0. The molecule has 0 amide bonds. The zero-order chi connectivity index (χ0) is 27.6. The number of carbonyl (C=O) groups excluding carboxylic acids is 2. The van der Waals surface area contributed by atoms with Gasteiger partial charge in [0.1, 0.15) is 11.2 Å². The van der Waals surface area contributed by atoms with Crippen molar-refractivity contribution in [3.63, 3.8) is 0 Å². The lowest BCUT2D eigenvalue weighted by molar-refractivity contribution is 0.0527. The number of benzene rings is 1. The summed E-state index contributed by atoms with van der Waals surface area (Å²) in [5, 5.41) is 3.49. The number of nitrogens with zero attached hydrogens (tertiary/aromatic N) is 2. The molecule has 0 aliphatic carbocycles. The lowest BCUT2D eigenvalue weighted by atomic mass is 10.1. The average Bonchev–Trinajstić information content (AvgIpc) is 3.51. The van der Waals surface area contributed by atoms with Crippen LogP contribution in [0.4, 0.5) is 9.59 Å². The second-order valence-corrected chi connectivity index (χ2v) is 12.5. The van der Waals surface area contributed by atoms with Crippen LogP contribution in [0, 0.1) is 0 Å². The van der Waals surface area contributed by atoms with E-state index in [1.54, 1.807) is 52.3 Å². The van der Waals surface area contributed by atoms with Crippen LogP contribution in [-0.2, 0) is 9.47 Å². The van der Waals surface area contributed by atoms with Gasteiger partial charge in [-0.3, -0.25) is 0 Å². The third-order valence-electron chi connectivity index (χ3n) is 5.46. The zero-order valence-corrected chi connectivity index (χ0v) is 23.3. The molecule has 0 aliphatic rings. The number of hydrogen-bond donors (Lipinski definition) is 2. The Kier molecular flexibility index (Phi) is 5.99. The normalized spacial score (nSPS) is 12.4. The van der Waals surface area contributed by atoms with Crippen LogP contribution in [-0.4, -0.2) is 42.5 Å². The highest BCUT2D eigenvalue weighted by Crippen LogP contribution is 2.37. The number of hydrogen-bond acceptors (Lipinski definition) is 8. The number of ether oxygens (including phenoxy) is 2. The van der Waals surface area contributed by atoms with Crippen molar-refractivity contribution < 1.29 is 19.1 Å². The molecule has 0 unspecified atom stereocenters. The Balaban J connectivity index is 1.48. The number of carbonyl (C=O) groups is 2. The van der Waals surface area contributed by atoms with Gasteiger partial charge >= 0.3 is 23.6 Å². The summed E-state index contributed by atoms with van der Waals surface area (Å²) < 4.78 is 12.8. The summed E-state index contributed by atoms with van der Waals surface area (Å²) in [6, 6.07) is 7.60. The van der Waals surface area contributed by atoms with Gasteiger partial charge < -0.3 is 19.4 Å². The minimum atomic E-state index is -0.736. The number of nitrogens with one attached hydrogen (secondary N) is 2. The van der Waals surface area contributed by atoms with Crippen LogP contribution in [0.3, 0.4) is 0 Å². The molecule has 198 valence electrons. The van der Waals surface area contributed by atoms with Crippen molar-refractivity contribution in [3.05, 3.63) is 56.0 Å². The van der Waals surface area contributed by atoms with Crippen molar-refractivity contribution >= 4 is 56.9 Å².